The first-order valence-electron chi connectivity index (χ1n) is 13.5. The molecule has 0 nitrogen and oxygen atoms in total. The number of rotatable bonds is 4. The van der Waals surface area contributed by atoms with Gasteiger partial charge in [0.05, 0.1) is 0 Å². The van der Waals surface area contributed by atoms with Crippen molar-refractivity contribution in [1.29, 1.82) is 0 Å². The van der Waals surface area contributed by atoms with Crippen molar-refractivity contribution in [1.82, 2.24) is 0 Å². The maximum absolute atomic E-state index is 2.67. The lowest BCUT2D eigenvalue weighted by molar-refractivity contribution is 0.466. The average Bonchev–Trinajstić information content (AvgIpc) is 3.62. The summed E-state index contributed by atoms with van der Waals surface area (Å²) in [6.07, 6.45) is 14.5. The molecule has 1 saturated carbocycles. The molecule has 0 radical (unpaired) electrons. The Morgan fingerprint density at radius 1 is 0.800 bits per heavy atom. The van der Waals surface area contributed by atoms with Crippen LogP contribution in [0, 0.1) is 11.8 Å². The normalized spacial score (nSPS) is 29.1. The van der Waals surface area contributed by atoms with Crippen molar-refractivity contribution < 1.29 is 0 Å². The van der Waals surface area contributed by atoms with Crippen molar-refractivity contribution in [2.45, 2.75) is 69.3 Å². The lowest BCUT2D eigenvalue weighted by atomic mass is 9.79. The maximum atomic E-state index is 2.67. The van der Waals surface area contributed by atoms with E-state index >= 15 is 0 Å². The first kappa shape index (κ1) is 23.5. The van der Waals surface area contributed by atoms with Crippen LogP contribution < -0.4 is 0 Å². The van der Waals surface area contributed by atoms with Crippen LogP contribution in [0.1, 0.15) is 75.2 Å². The Bertz CT molecular complexity index is 1190. The van der Waals surface area contributed by atoms with Crippen molar-refractivity contribution in [3.63, 3.8) is 0 Å². The van der Waals surface area contributed by atoms with Crippen LogP contribution in [-0.2, 0) is 0 Å². The summed E-state index contributed by atoms with van der Waals surface area (Å²) in [5.41, 5.74) is 9.65. The van der Waals surface area contributed by atoms with Crippen LogP contribution >= 0.6 is 23.5 Å². The Hall–Kier alpha value is -1.90. The molecule has 2 aliphatic heterocycles. The number of benzene rings is 2. The molecular formula is C33H36S2. The predicted molar refractivity (Wildman–Crippen MR) is 155 cm³/mol. The number of allylic oxidation sites excluding steroid dienone is 7. The number of hydrogen-bond donors (Lipinski definition) is 0. The fraction of sp³-hybridized carbons (Fsp3) is 0.394. The maximum Gasteiger partial charge on any atom is 0.0382 e. The third kappa shape index (κ3) is 4.77. The minimum absolute atomic E-state index is 0.560. The third-order valence-electron chi connectivity index (χ3n) is 8.46. The van der Waals surface area contributed by atoms with Crippen molar-refractivity contribution in [3.05, 3.63) is 111 Å². The minimum atomic E-state index is 0.560. The summed E-state index contributed by atoms with van der Waals surface area (Å²) >= 11 is 4.19. The van der Waals surface area contributed by atoms with E-state index in [1.807, 2.05) is 0 Å². The topological polar surface area (TPSA) is 0 Å². The van der Waals surface area contributed by atoms with Crippen LogP contribution in [0.15, 0.2) is 100 Å². The lowest BCUT2D eigenvalue weighted by Crippen LogP contribution is -2.20. The van der Waals surface area contributed by atoms with E-state index < -0.39 is 0 Å². The molecule has 0 N–H and O–H groups in total. The third-order valence-corrected chi connectivity index (χ3v) is 11.1. The summed E-state index contributed by atoms with van der Waals surface area (Å²) in [6, 6.07) is 22.2. The van der Waals surface area contributed by atoms with E-state index in [9.17, 15) is 0 Å². The summed E-state index contributed by atoms with van der Waals surface area (Å²) in [7, 11) is 0. The van der Waals surface area contributed by atoms with E-state index in [1.54, 1.807) is 27.2 Å². The van der Waals surface area contributed by atoms with Crippen LogP contribution in [0.3, 0.4) is 0 Å². The summed E-state index contributed by atoms with van der Waals surface area (Å²) in [6.45, 7) is 4.84. The first-order chi connectivity index (χ1) is 17.2. The quantitative estimate of drug-likeness (QED) is 0.413. The largest absolute Gasteiger partial charge is 0.122 e. The predicted octanol–water partition coefficient (Wildman–Crippen LogP) is 10.1. The number of hydrogen-bond acceptors (Lipinski definition) is 2. The monoisotopic (exact) mass is 496 g/mol. The molecule has 2 aliphatic carbocycles. The van der Waals surface area contributed by atoms with Crippen LogP contribution in [0.5, 0.6) is 0 Å². The van der Waals surface area contributed by atoms with Gasteiger partial charge in [0.2, 0.25) is 0 Å². The van der Waals surface area contributed by atoms with E-state index in [4.69, 9.17) is 0 Å². The molecule has 0 saturated heterocycles. The minimum Gasteiger partial charge on any atom is -0.122 e. The molecular weight excluding hydrogens is 460 g/mol. The molecule has 180 valence electrons. The van der Waals surface area contributed by atoms with E-state index in [1.165, 1.54) is 61.0 Å². The van der Waals surface area contributed by atoms with Gasteiger partial charge in [-0.3, -0.25) is 0 Å². The van der Waals surface area contributed by atoms with Gasteiger partial charge < -0.3 is 0 Å². The van der Waals surface area contributed by atoms with Gasteiger partial charge in [0.25, 0.3) is 0 Å². The van der Waals surface area contributed by atoms with Crippen LogP contribution in [0.25, 0.3) is 4.91 Å². The zero-order chi connectivity index (χ0) is 23.8. The van der Waals surface area contributed by atoms with Crippen LogP contribution in [0.2, 0.25) is 0 Å². The van der Waals surface area contributed by atoms with E-state index in [0.29, 0.717) is 22.3 Å². The molecule has 4 unspecified atom stereocenters. The highest BCUT2D eigenvalue weighted by Gasteiger charge is 2.40. The molecule has 6 rings (SSSR count). The van der Waals surface area contributed by atoms with Gasteiger partial charge in [-0.15, -0.1) is 23.5 Å². The zero-order valence-corrected chi connectivity index (χ0v) is 22.6. The summed E-state index contributed by atoms with van der Waals surface area (Å²) in [4.78, 5) is 3.03. The SMILES string of the molecule is CC1=C(C2=CC(=C3CCCCC3)CC2C2C=C(c3ccccc3)SC2C)CC(c2ccccc2)S1. The average molecular weight is 497 g/mol. The molecule has 0 aromatic heterocycles. The fourth-order valence-electron chi connectivity index (χ4n) is 6.57. The van der Waals surface area contributed by atoms with Crippen LogP contribution in [0.4, 0.5) is 0 Å². The standard InChI is InChI=1S/C33H36S2/c1-22-28(20-32(34-22)25-14-8-4-9-15-25)30-18-27(24-12-6-3-7-13-24)19-31(30)29-21-33(35-23(29)2)26-16-10-5-11-17-26/h4-5,8-11,14-18,21,23,29,31-32H,3,6-7,12-13,19-20H2,1-2H3. The Morgan fingerprint density at radius 2 is 1.51 bits per heavy atom. The fourth-order valence-corrected chi connectivity index (χ4v) is 9.22. The number of thioether (sulfide) groups is 2. The van der Waals surface area contributed by atoms with Crippen LogP contribution in [-0.4, -0.2) is 5.25 Å². The van der Waals surface area contributed by atoms with Gasteiger partial charge in [-0.2, -0.15) is 0 Å². The second-order valence-corrected chi connectivity index (χ2v) is 13.5. The first-order valence-corrected chi connectivity index (χ1v) is 15.2. The molecule has 4 aliphatic rings. The Balaban J connectivity index is 1.35. The molecule has 0 bridgehead atoms. The molecule has 1 fully saturated rings. The summed E-state index contributed by atoms with van der Waals surface area (Å²) < 4.78 is 0. The highest BCUT2D eigenvalue weighted by molar-refractivity contribution is 8.09. The summed E-state index contributed by atoms with van der Waals surface area (Å²) in [5.74, 6) is 1.22. The van der Waals surface area contributed by atoms with Gasteiger partial charge in [0, 0.05) is 15.4 Å². The highest BCUT2D eigenvalue weighted by Crippen LogP contribution is 2.56. The van der Waals surface area contributed by atoms with Gasteiger partial charge in [-0.1, -0.05) is 91.7 Å². The molecule has 2 heteroatoms. The van der Waals surface area contributed by atoms with Gasteiger partial charge >= 0.3 is 0 Å². The molecule has 0 amide bonds. The zero-order valence-electron chi connectivity index (χ0n) is 21.0. The van der Waals surface area contributed by atoms with E-state index in [0.717, 1.165) is 0 Å². The second-order valence-electron chi connectivity index (χ2n) is 10.7. The smallest absolute Gasteiger partial charge is 0.0382 e. The molecule has 0 spiro atoms. The van der Waals surface area contributed by atoms with Gasteiger partial charge in [-0.25, -0.2) is 0 Å². The van der Waals surface area contributed by atoms with Gasteiger partial charge in [0.15, 0.2) is 0 Å². The Morgan fingerprint density at radius 3 is 2.26 bits per heavy atom. The molecule has 2 heterocycles. The molecule has 2 aromatic rings. The molecule has 4 atom stereocenters. The van der Waals surface area contributed by atoms with Crippen molar-refractivity contribution in [3.8, 4) is 0 Å². The van der Waals surface area contributed by atoms with Gasteiger partial charge in [-0.05, 0) is 90.0 Å². The van der Waals surface area contributed by atoms with Crippen molar-refractivity contribution in [2.75, 3.05) is 0 Å². The molecule has 2 aromatic carbocycles. The summed E-state index contributed by atoms with van der Waals surface area (Å²) in [5, 5.41) is 1.18. The lowest BCUT2D eigenvalue weighted by Gasteiger charge is -2.26. The van der Waals surface area contributed by atoms with Gasteiger partial charge in [0.1, 0.15) is 0 Å². The second kappa shape index (κ2) is 10.2. The Kier molecular flexibility index (Phi) is 6.87. The Labute approximate surface area is 220 Å². The highest BCUT2D eigenvalue weighted by atomic mass is 32.2. The van der Waals surface area contributed by atoms with E-state index in [2.05, 4.69) is 110 Å². The molecule has 35 heavy (non-hydrogen) atoms. The van der Waals surface area contributed by atoms with E-state index in [-0.39, 0.29) is 0 Å². The van der Waals surface area contributed by atoms with Crippen molar-refractivity contribution in [2.24, 2.45) is 11.8 Å². The van der Waals surface area contributed by atoms with Crippen molar-refractivity contribution >= 4 is 28.4 Å².